The van der Waals surface area contributed by atoms with Crippen LogP contribution in [-0.2, 0) is 0 Å². The van der Waals surface area contributed by atoms with Crippen molar-refractivity contribution in [1.29, 1.82) is 0 Å². The molecular formula is C18H23NO2. The van der Waals surface area contributed by atoms with Crippen LogP contribution in [-0.4, -0.2) is 35.6 Å². The molecule has 0 radical (unpaired) electrons. The van der Waals surface area contributed by atoms with Crippen LogP contribution in [0, 0.1) is 24.7 Å². The third-order valence-electron chi connectivity index (χ3n) is 3.66. The Morgan fingerprint density at radius 2 is 2.19 bits per heavy atom. The summed E-state index contributed by atoms with van der Waals surface area (Å²) in [6.07, 6.45) is 3.43. The Hall–Kier alpha value is -1.79. The van der Waals surface area contributed by atoms with Crippen molar-refractivity contribution in [2.24, 2.45) is 5.92 Å². The molecule has 2 rings (SSSR count). The molecule has 0 bridgehead atoms. The normalized spacial score (nSPS) is 13.5. The number of benzene rings is 1. The summed E-state index contributed by atoms with van der Waals surface area (Å²) in [5, 5.41) is 8.88. The fourth-order valence-corrected chi connectivity index (χ4v) is 2.41. The Kier molecular flexibility index (Phi) is 5.41. The van der Waals surface area contributed by atoms with Crippen LogP contribution in [0.1, 0.15) is 47.7 Å². The van der Waals surface area contributed by atoms with Crippen LogP contribution >= 0.6 is 0 Å². The summed E-state index contributed by atoms with van der Waals surface area (Å²) in [6.45, 7) is 5.52. The summed E-state index contributed by atoms with van der Waals surface area (Å²) >= 11 is 0. The van der Waals surface area contributed by atoms with Crippen LogP contribution < -0.4 is 0 Å². The van der Waals surface area contributed by atoms with Gasteiger partial charge in [-0.15, -0.1) is 0 Å². The number of rotatable bonds is 5. The lowest BCUT2D eigenvalue weighted by Gasteiger charge is -2.23. The fourth-order valence-electron chi connectivity index (χ4n) is 2.41. The van der Waals surface area contributed by atoms with E-state index in [2.05, 4.69) is 18.8 Å². The van der Waals surface area contributed by atoms with Gasteiger partial charge in [0.25, 0.3) is 5.91 Å². The molecular weight excluding hydrogens is 262 g/mol. The molecule has 0 atom stereocenters. The number of amides is 1. The molecule has 21 heavy (non-hydrogen) atoms. The van der Waals surface area contributed by atoms with E-state index in [0.717, 1.165) is 25.1 Å². The largest absolute Gasteiger partial charge is 0.384 e. The summed E-state index contributed by atoms with van der Waals surface area (Å²) in [4.78, 5) is 14.7. The molecule has 112 valence electrons. The van der Waals surface area contributed by atoms with Crippen molar-refractivity contribution in [3.05, 3.63) is 34.9 Å². The van der Waals surface area contributed by atoms with Crippen molar-refractivity contribution in [3.63, 3.8) is 0 Å². The van der Waals surface area contributed by atoms with Gasteiger partial charge in [0.2, 0.25) is 0 Å². The second-order valence-corrected chi connectivity index (χ2v) is 5.70. The van der Waals surface area contributed by atoms with Gasteiger partial charge in [-0.25, -0.2) is 0 Å². The topological polar surface area (TPSA) is 40.5 Å². The van der Waals surface area contributed by atoms with Crippen molar-refractivity contribution in [2.45, 2.75) is 33.1 Å². The maximum absolute atomic E-state index is 12.8. The fraction of sp³-hybridized carbons (Fsp3) is 0.500. The van der Waals surface area contributed by atoms with Gasteiger partial charge >= 0.3 is 0 Å². The third kappa shape index (κ3) is 4.34. The van der Waals surface area contributed by atoms with Crippen molar-refractivity contribution in [1.82, 2.24) is 4.90 Å². The average Bonchev–Trinajstić information content (AvgIpc) is 3.28. The first-order chi connectivity index (χ1) is 10.2. The van der Waals surface area contributed by atoms with Gasteiger partial charge in [0.1, 0.15) is 6.61 Å². The van der Waals surface area contributed by atoms with E-state index in [1.807, 2.05) is 30.0 Å². The minimum absolute atomic E-state index is 0.0611. The van der Waals surface area contributed by atoms with Gasteiger partial charge < -0.3 is 10.0 Å². The number of aryl methyl sites for hydroxylation is 1. The molecule has 3 nitrogen and oxygen atoms in total. The Morgan fingerprint density at radius 3 is 2.81 bits per heavy atom. The molecule has 0 saturated heterocycles. The number of carbonyl (C=O) groups excluding carboxylic acids is 1. The highest BCUT2D eigenvalue weighted by atomic mass is 16.2. The number of aliphatic hydroxyl groups is 1. The molecule has 0 heterocycles. The Morgan fingerprint density at radius 1 is 1.43 bits per heavy atom. The lowest BCUT2D eigenvalue weighted by atomic mass is 10.0. The molecule has 1 aliphatic carbocycles. The highest BCUT2D eigenvalue weighted by molar-refractivity contribution is 5.97. The Bertz CT molecular complexity index is 564. The molecule has 0 unspecified atom stereocenters. The summed E-state index contributed by atoms with van der Waals surface area (Å²) in [6, 6.07) is 5.71. The number of aliphatic hydroxyl groups excluding tert-OH is 1. The van der Waals surface area contributed by atoms with E-state index in [-0.39, 0.29) is 12.5 Å². The van der Waals surface area contributed by atoms with E-state index in [0.29, 0.717) is 17.0 Å². The third-order valence-corrected chi connectivity index (χ3v) is 3.66. The monoisotopic (exact) mass is 285 g/mol. The lowest BCUT2D eigenvalue weighted by molar-refractivity contribution is 0.0747. The first kappa shape index (κ1) is 15.6. The van der Waals surface area contributed by atoms with Crippen molar-refractivity contribution in [2.75, 3.05) is 19.7 Å². The summed E-state index contributed by atoms with van der Waals surface area (Å²) in [5.41, 5.74) is 2.43. The smallest absolute Gasteiger partial charge is 0.255 e. The van der Waals surface area contributed by atoms with E-state index in [1.165, 1.54) is 12.8 Å². The predicted octanol–water partition coefficient (Wildman–Crippen LogP) is 2.60. The highest BCUT2D eigenvalue weighted by Gasteiger charge is 2.27. The number of carbonyl (C=O) groups is 1. The van der Waals surface area contributed by atoms with Crippen molar-refractivity contribution < 1.29 is 9.90 Å². The second-order valence-electron chi connectivity index (χ2n) is 5.70. The van der Waals surface area contributed by atoms with Crippen LogP contribution in [0.4, 0.5) is 0 Å². The molecule has 1 aromatic rings. The van der Waals surface area contributed by atoms with Gasteiger partial charge in [0, 0.05) is 18.7 Å². The van der Waals surface area contributed by atoms with Crippen LogP contribution in [0.5, 0.6) is 0 Å². The molecule has 1 amide bonds. The highest BCUT2D eigenvalue weighted by Crippen LogP contribution is 2.30. The van der Waals surface area contributed by atoms with E-state index in [9.17, 15) is 4.79 Å². The summed E-state index contributed by atoms with van der Waals surface area (Å²) in [7, 11) is 0. The molecule has 1 aromatic carbocycles. The van der Waals surface area contributed by atoms with Crippen LogP contribution in [0.25, 0.3) is 0 Å². The van der Waals surface area contributed by atoms with Gasteiger partial charge in [-0.05, 0) is 49.8 Å². The molecule has 1 N–H and O–H groups in total. The lowest BCUT2D eigenvalue weighted by Crippen LogP contribution is -2.34. The van der Waals surface area contributed by atoms with Crippen LogP contribution in [0.15, 0.2) is 18.2 Å². The Labute approximate surface area is 127 Å². The number of nitrogens with zero attached hydrogens (tertiary/aromatic N) is 1. The number of hydrogen-bond donors (Lipinski definition) is 1. The zero-order chi connectivity index (χ0) is 15.2. The molecule has 0 aliphatic heterocycles. The van der Waals surface area contributed by atoms with Crippen molar-refractivity contribution >= 4 is 5.91 Å². The molecule has 3 heteroatoms. The maximum Gasteiger partial charge on any atom is 0.255 e. The second kappa shape index (κ2) is 7.28. The average molecular weight is 285 g/mol. The molecule has 1 saturated carbocycles. The number of hydrogen-bond acceptors (Lipinski definition) is 2. The zero-order valence-corrected chi connectivity index (χ0v) is 12.9. The van der Waals surface area contributed by atoms with Gasteiger partial charge in [-0.3, -0.25) is 4.79 Å². The summed E-state index contributed by atoms with van der Waals surface area (Å²) < 4.78 is 0. The molecule has 1 fully saturated rings. The van der Waals surface area contributed by atoms with Gasteiger partial charge in [0.05, 0.1) is 5.56 Å². The van der Waals surface area contributed by atoms with Gasteiger partial charge in [-0.2, -0.15) is 0 Å². The van der Waals surface area contributed by atoms with Crippen molar-refractivity contribution in [3.8, 4) is 11.8 Å². The van der Waals surface area contributed by atoms with Crippen LogP contribution in [0.2, 0.25) is 0 Å². The standard InChI is InChI=1S/C18H23NO2/c1-3-10-19(13-15-7-8-15)18(21)17-9-6-14(2)12-16(17)5-4-11-20/h6,9,12,15,20H,3,7-8,10-11,13H2,1-2H3. The molecule has 1 aliphatic rings. The van der Waals surface area contributed by atoms with Gasteiger partial charge in [-0.1, -0.05) is 24.8 Å². The summed E-state index contributed by atoms with van der Waals surface area (Å²) in [5.74, 6) is 6.29. The quantitative estimate of drug-likeness (QED) is 0.845. The van der Waals surface area contributed by atoms with E-state index >= 15 is 0 Å². The van der Waals surface area contributed by atoms with Gasteiger partial charge in [0.15, 0.2) is 0 Å². The van der Waals surface area contributed by atoms with Crippen LogP contribution in [0.3, 0.4) is 0 Å². The van der Waals surface area contributed by atoms with E-state index in [1.54, 1.807) is 0 Å². The van der Waals surface area contributed by atoms with E-state index < -0.39 is 0 Å². The first-order valence-electron chi connectivity index (χ1n) is 7.65. The molecule has 0 spiro atoms. The minimum Gasteiger partial charge on any atom is -0.384 e. The Balaban J connectivity index is 2.26. The zero-order valence-electron chi connectivity index (χ0n) is 12.9. The molecule has 0 aromatic heterocycles. The predicted molar refractivity (Wildman–Crippen MR) is 84.1 cm³/mol. The SMILES string of the molecule is CCCN(CC1CC1)C(=O)c1ccc(C)cc1C#CCO. The van der Waals surface area contributed by atoms with E-state index in [4.69, 9.17) is 5.11 Å². The first-order valence-corrected chi connectivity index (χ1v) is 7.65. The maximum atomic E-state index is 12.8. The minimum atomic E-state index is -0.192.